The average molecular weight is 179 g/mol. The largest absolute Gasteiger partial charge is 0.198 e. The second-order valence-corrected chi connectivity index (χ2v) is 5.08. The molecule has 0 aliphatic heterocycles. The Labute approximate surface area is 82.1 Å². The summed E-state index contributed by atoms with van der Waals surface area (Å²) in [4.78, 5) is 0. The Morgan fingerprint density at radius 1 is 1.46 bits per heavy atom. The van der Waals surface area contributed by atoms with E-state index in [0.717, 1.165) is 12.3 Å². The third-order valence-electron chi connectivity index (χ3n) is 4.15. The lowest BCUT2D eigenvalue weighted by Crippen LogP contribution is -2.37. The number of rotatable bonds is 1. The van der Waals surface area contributed by atoms with Crippen molar-refractivity contribution in [3.8, 4) is 6.07 Å². The highest BCUT2D eigenvalue weighted by atomic mass is 14.5. The van der Waals surface area contributed by atoms with Crippen molar-refractivity contribution in [2.24, 2.45) is 23.2 Å². The molecule has 0 aromatic rings. The van der Waals surface area contributed by atoms with Crippen molar-refractivity contribution in [3.63, 3.8) is 0 Å². The highest BCUT2D eigenvalue weighted by molar-refractivity contribution is 4.98. The molecule has 1 aliphatic carbocycles. The van der Waals surface area contributed by atoms with E-state index < -0.39 is 0 Å². The van der Waals surface area contributed by atoms with Gasteiger partial charge in [-0.1, -0.05) is 34.1 Å². The molecule has 0 aromatic carbocycles. The fourth-order valence-electron chi connectivity index (χ4n) is 2.82. The topological polar surface area (TPSA) is 23.8 Å². The molecule has 0 N–H and O–H groups in total. The predicted octanol–water partition coefficient (Wildman–Crippen LogP) is 3.61. The minimum absolute atomic E-state index is 0.286. The lowest BCUT2D eigenvalue weighted by molar-refractivity contribution is 0.0590. The van der Waals surface area contributed by atoms with Crippen molar-refractivity contribution in [3.05, 3.63) is 0 Å². The first-order chi connectivity index (χ1) is 6.03. The maximum absolute atomic E-state index is 9.06. The summed E-state index contributed by atoms with van der Waals surface area (Å²) in [5.41, 5.74) is 0.401. The summed E-state index contributed by atoms with van der Waals surface area (Å²) >= 11 is 0. The van der Waals surface area contributed by atoms with Crippen molar-refractivity contribution in [2.45, 2.75) is 47.0 Å². The minimum atomic E-state index is 0.286. The monoisotopic (exact) mass is 179 g/mol. The first-order valence-electron chi connectivity index (χ1n) is 5.43. The normalized spacial score (nSPS) is 45.6. The van der Waals surface area contributed by atoms with Crippen LogP contribution in [0.3, 0.4) is 0 Å². The van der Waals surface area contributed by atoms with Crippen molar-refractivity contribution in [2.75, 3.05) is 0 Å². The van der Waals surface area contributed by atoms with Gasteiger partial charge in [0.1, 0.15) is 0 Å². The van der Waals surface area contributed by atoms with Crippen molar-refractivity contribution < 1.29 is 0 Å². The molecule has 0 radical (unpaired) electrons. The molecule has 1 fully saturated rings. The second kappa shape index (κ2) is 3.70. The minimum Gasteiger partial charge on any atom is -0.198 e. The van der Waals surface area contributed by atoms with Gasteiger partial charge in [0.15, 0.2) is 0 Å². The van der Waals surface area contributed by atoms with Crippen LogP contribution in [0, 0.1) is 34.5 Å². The van der Waals surface area contributed by atoms with Crippen LogP contribution in [0.15, 0.2) is 0 Å². The van der Waals surface area contributed by atoms with Crippen LogP contribution in [0.2, 0.25) is 0 Å². The van der Waals surface area contributed by atoms with Gasteiger partial charge in [0.25, 0.3) is 0 Å². The highest BCUT2D eigenvalue weighted by Crippen LogP contribution is 2.48. The second-order valence-electron chi connectivity index (χ2n) is 5.08. The molecule has 0 heterocycles. The molecule has 74 valence electrons. The maximum Gasteiger partial charge on any atom is 0.0658 e. The zero-order chi connectivity index (χ0) is 10.1. The lowest BCUT2D eigenvalue weighted by atomic mass is 9.60. The predicted molar refractivity (Wildman–Crippen MR) is 55.1 cm³/mol. The fourth-order valence-corrected chi connectivity index (χ4v) is 2.82. The van der Waals surface area contributed by atoms with E-state index in [1.807, 2.05) is 0 Å². The first-order valence-corrected chi connectivity index (χ1v) is 5.43. The summed E-state index contributed by atoms with van der Waals surface area (Å²) in [5.74, 6) is 1.58. The summed E-state index contributed by atoms with van der Waals surface area (Å²) in [7, 11) is 0. The van der Waals surface area contributed by atoms with Crippen molar-refractivity contribution in [1.29, 1.82) is 5.26 Å². The molecule has 0 aromatic heterocycles. The molecular formula is C12H21N. The van der Waals surface area contributed by atoms with Crippen LogP contribution in [0.25, 0.3) is 0 Å². The molecule has 0 amide bonds. The van der Waals surface area contributed by atoms with Gasteiger partial charge in [-0.25, -0.2) is 0 Å². The quantitative estimate of drug-likeness (QED) is 0.603. The molecule has 1 saturated carbocycles. The Hall–Kier alpha value is -0.510. The van der Waals surface area contributed by atoms with Crippen LogP contribution in [-0.2, 0) is 0 Å². The molecule has 13 heavy (non-hydrogen) atoms. The fraction of sp³-hybridized carbons (Fsp3) is 0.917. The Bertz CT molecular complexity index is 216. The number of hydrogen-bond acceptors (Lipinski definition) is 1. The SMILES string of the molecule is CCC1(C)CC(C)CC(C#N)C1C. The molecular weight excluding hydrogens is 158 g/mol. The zero-order valence-corrected chi connectivity index (χ0v) is 9.30. The summed E-state index contributed by atoms with van der Waals surface area (Å²) in [5, 5.41) is 9.06. The van der Waals surface area contributed by atoms with E-state index in [1.165, 1.54) is 12.8 Å². The van der Waals surface area contributed by atoms with Crippen LogP contribution in [0.1, 0.15) is 47.0 Å². The van der Waals surface area contributed by atoms with E-state index in [2.05, 4.69) is 33.8 Å². The van der Waals surface area contributed by atoms with Gasteiger partial charge in [-0.3, -0.25) is 0 Å². The van der Waals surface area contributed by atoms with Gasteiger partial charge in [-0.05, 0) is 30.1 Å². The van der Waals surface area contributed by atoms with E-state index in [4.69, 9.17) is 5.26 Å². The van der Waals surface area contributed by atoms with Crippen LogP contribution >= 0.6 is 0 Å². The lowest BCUT2D eigenvalue weighted by Gasteiger charge is -2.44. The van der Waals surface area contributed by atoms with Gasteiger partial charge in [-0.2, -0.15) is 5.26 Å². The average Bonchev–Trinajstić information content (AvgIpc) is 2.11. The van der Waals surface area contributed by atoms with Crippen LogP contribution in [0.4, 0.5) is 0 Å². The van der Waals surface area contributed by atoms with Crippen molar-refractivity contribution >= 4 is 0 Å². The van der Waals surface area contributed by atoms with Crippen LogP contribution in [-0.4, -0.2) is 0 Å². The van der Waals surface area contributed by atoms with Gasteiger partial charge in [0.05, 0.1) is 6.07 Å². The first kappa shape index (κ1) is 10.6. The zero-order valence-electron chi connectivity index (χ0n) is 9.30. The molecule has 4 atom stereocenters. The molecule has 1 rings (SSSR count). The van der Waals surface area contributed by atoms with E-state index in [0.29, 0.717) is 11.3 Å². The molecule has 1 heteroatoms. The highest BCUT2D eigenvalue weighted by Gasteiger charge is 2.40. The Kier molecular flexibility index (Phi) is 3.01. The van der Waals surface area contributed by atoms with Gasteiger partial charge in [0, 0.05) is 5.92 Å². The molecule has 1 aliphatic rings. The van der Waals surface area contributed by atoms with Gasteiger partial charge < -0.3 is 0 Å². The Morgan fingerprint density at radius 3 is 2.54 bits per heavy atom. The van der Waals surface area contributed by atoms with Crippen molar-refractivity contribution in [1.82, 2.24) is 0 Å². The molecule has 0 bridgehead atoms. The molecule has 0 saturated heterocycles. The molecule has 4 unspecified atom stereocenters. The third-order valence-corrected chi connectivity index (χ3v) is 4.15. The summed E-state index contributed by atoms with van der Waals surface area (Å²) < 4.78 is 0. The molecule has 0 spiro atoms. The summed E-state index contributed by atoms with van der Waals surface area (Å²) in [6.45, 7) is 9.13. The Morgan fingerprint density at radius 2 is 2.08 bits per heavy atom. The number of nitrogens with zero attached hydrogens (tertiary/aromatic N) is 1. The van der Waals surface area contributed by atoms with Gasteiger partial charge >= 0.3 is 0 Å². The summed E-state index contributed by atoms with van der Waals surface area (Å²) in [6.07, 6.45) is 3.60. The van der Waals surface area contributed by atoms with E-state index in [9.17, 15) is 0 Å². The smallest absolute Gasteiger partial charge is 0.0658 e. The number of hydrogen-bond donors (Lipinski definition) is 0. The van der Waals surface area contributed by atoms with E-state index >= 15 is 0 Å². The van der Waals surface area contributed by atoms with Crippen LogP contribution in [0.5, 0.6) is 0 Å². The van der Waals surface area contributed by atoms with E-state index in [-0.39, 0.29) is 5.92 Å². The number of nitriles is 1. The summed E-state index contributed by atoms with van der Waals surface area (Å²) in [6, 6.07) is 2.47. The molecule has 1 nitrogen and oxygen atoms in total. The van der Waals surface area contributed by atoms with Gasteiger partial charge in [-0.15, -0.1) is 0 Å². The van der Waals surface area contributed by atoms with Crippen LogP contribution < -0.4 is 0 Å². The standard InChI is InChI=1S/C12H21N/c1-5-12(4)7-9(2)6-11(8-13)10(12)3/h9-11H,5-7H2,1-4H3. The maximum atomic E-state index is 9.06. The Balaban J connectivity index is 2.82. The third kappa shape index (κ3) is 1.88. The van der Waals surface area contributed by atoms with E-state index in [1.54, 1.807) is 0 Å². The van der Waals surface area contributed by atoms with Gasteiger partial charge in [0.2, 0.25) is 0 Å².